The van der Waals surface area contributed by atoms with E-state index >= 15 is 0 Å². The molecule has 2 aliphatic rings. The molecule has 17 heteroatoms. The van der Waals surface area contributed by atoms with Crippen LogP contribution in [-0.4, -0.2) is 98.8 Å². The van der Waals surface area contributed by atoms with E-state index in [1.807, 2.05) is 4.90 Å². The molecule has 0 aromatic heterocycles. The maximum absolute atomic E-state index is 13.6. The Morgan fingerprint density at radius 2 is 1.46 bits per heavy atom. The van der Waals surface area contributed by atoms with Crippen molar-refractivity contribution in [2.75, 3.05) is 32.7 Å². The Hall–Kier alpha value is -5.06. The number of thiol groups is 1. The molecule has 0 aliphatic carbocycles. The van der Waals surface area contributed by atoms with Crippen LogP contribution >= 0.6 is 12.6 Å². The van der Waals surface area contributed by atoms with E-state index in [-0.39, 0.29) is 35.7 Å². The molecular weight excluding hydrogens is 622 g/mol. The number of nitro benzene ring substituents is 2. The van der Waals surface area contributed by atoms with Crippen molar-refractivity contribution in [1.82, 2.24) is 14.7 Å². The van der Waals surface area contributed by atoms with Gasteiger partial charge in [0.1, 0.15) is 25.1 Å². The van der Waals surface area contributed by atoms with Gasteiger partial charge in [0, 0.05) is 62.2 Å². The molecule has 2 fully saturated rings. The number of carbonyl (C=O) groups excluding carboxylic acids is 3. The van der Waals surface area contributed by atoms with Gasteiger partial charge in [-0.25, -0.2) is 9.59 Å². The van der Waals surface area contributed by atoms with Gasteiger partial charge < -0.3 is 24.2 Å². The van der Waals surface area contributed by atoms with Crippen molar-refractivity contribution in [3.05, 3.63) is 79.9 Å². The first-order chi connectivity index (χ1) is 22.0. The summed E-state index contributed by atoms with van der Waals surface area (Å²) in [5, 5.41) is 21.5. The maximum atomic E-state index is 13.6. The third kappa shape index (κ3) is 9.47. The molecule has 0 radical (unpaired) electrons. The van der Waals surface area contributed by atoms with Crippen molar-refractivity contribution >= 4 is 54.3 Å². The fraction of sp³-hybridized carbons (Fsp3) is 0.414. The van der Waals surface area contributed by atoms with Crippen LogP contribution in [0.5, 0.6) is 0 Å². The van der Waals surface area contributed by atoms with Crippen LogP contribution < -0.4 is 0 Å². The summed E-state index contributed by atoms with van der Waals surface area (Å²) in [7, 11) is 0. The Balaban J connectivity index is 1.26. The molecule has 0 unspecified atom stereocenters. The molecule has 2 aromatic carbocycles. The maximum Gasteiger partial charge on any atom is 0.435 e. The molecular formula is C29H33N7O9S. The van der Waals surface area contributed by atoms with Gasteiger partial charge in [0.15, 0.2) is 0 Å². The number of nitrogens with zero attached hydrogens (tertiary/aromatic N) is 7. The topological polar surface area (TPSA) is 190 Å². The van der Waals surface area contributed by atoms with Crippen LogP contribution in [0.1, 0.15) is 30.9 Å². The SMILES string of the molecule is CC(=NC(=O)OCc1ccc([N+](=O)[O-])cc1)N1C[C@@H](S)C[C@H]1C(=O)N1CCCN(C=NC(=O)OCc2ccc([N+](=O)[O-])cc2)CC1. The first kappa shape index (κ1) is 33.8. The molecule has 0 saturated carbocycles. The van der Waals surface area contributed by atoms with E-state index in [4.69, 9.17) is 9.47 Å². The molecule has 0 bridgehead atoms. The first-order valence-corrected chi connectivity index (χ1v) is 14.9. The largest absolute Gasteiger partial charge is 0.443 e. The number of ether oxygens (including phenoxy) is 2. The van der Waals surface area contributed by atoms with Gasteiger partial charge in [-0.1, -0.05) is 0 Å². The van der Waals surface area contributed by atoms with E-state index < -0.39 is 28.1 Å². The molecule has 0 N–H and O–H groups in total. The number of likely N-dealkylation sites (tertiary alicyclic amines) is 1. The number of nitro groups is 2. The van der Waals surface area contributed by atoms with Gasteiger partial charge in [0.05, 0.1) is 16.2 Å². The Labute approximate surface area is 269 Å². The Kier molecular flexibility index (Phi) is 11.6. The van der Waals surface area contributed by atoms with E-state index in [1.54, 1.807) is 16.7 Å². The smallest absolute Gasteiger partial charge is 0.435 e. The van der Waals surface area contributed by atoms with Gasteiger partial charge in [-0.05, 0) is 55.2 Å². The number of carbonyl (C=O) groups is 3. The summed E-state index contributed by atoms with van der Waals surface area (Å²) in [5.74, 6) is 0.200. The van der Waals surface area contributed by atoms with Crippen LogP contribution in [0.15, 0.2) is 58.5 Å². The average Bonchev–Trinajstić information content (AvgIpc) is 3.28. The fourth-order valence-electron chi connectivity index (χ4n) is 5.00. The summed E-state index contributed by atoms with van der Waals surface area (Å²) in [4.78, 5) is 71.9. The summed E-state index contributed by atoms with van der Waals surface area (Å²) >= 11 is 4.57. The summed E-state index contributed by atoms with van der Waals surface area (Å²) in [6.45, 7) is 3.72. The van der Waals surface area contributed by atoms with Crippen molar-refractivity contribution in [1.29, 1.82) is 0 Å². The highest BCUT2D eigenvalue weighted by Crippen LogP contribution is 2.25. The molecule has 2 heterocycles. The molecule has 46 heavy (non-hydrogen) atoms. The zero-order valence-electron chi connectivity index (χ0n) is 25.0. The number of amidine groups is 1. The quantitative estimate of drug-likeness (QED) is 0.143. The molecule has 3 amide bonds. The Morgan fingerprint density at radius 3 is 2.02 bits per heavy atom. The first-order valence-electron chi connectivity index (χ1n) is 14.4. The van der Waals surface area contributed by atoms with E-state index in [1.165, 1.54) is 54.9 Å². The lowest BCUT2D eigenvalue weighted by atomic mass is 10.1. The summed E-state index contributed by atoms with van der Waals surface area (Å²) in [6.07, 6.45) is 0.833. The van der Waals surface area contributed by atoms with Gasteiger partial charge in [0.2, 0.25) is 5.91 Å². The molecule has 2 saturated heterocycles. The normalized spacial score (nSPS) is 18.7. The zero-order chi connectivity index (χ0) is 33.2. The number of hydrogen-bond acceptors (Lipinski definition) is 10. The van der Waals surface area contributed by atoms with Crippen molar-refractivity contribution in [2.45, 2.75) is 44.3 Å². The summed E-state index contributed by atoms with van der Waals surface area (Å²) in [6, 6.07) is 10.7. The minimum absolute atomic E-state index is 0.0606. The number of hydrogen-bond donors (Lipinski definition) is 1. The van der Waals surface area contributed by atoms with E-state index in [0.717, 1.165) is 0 Å². The summed E-state index contributed by atoms with van der Waals surface area (Å²) < 4.78 is 10.3. The molecule has 2 atom stereocenters. The van der Waals surface area contributed by atoms with Crippen molar-refractivity contribution < 1.29 is 33.7 Å². The van der Waals surface area contributed by atoms with Crippen LogP contribution in [0.4, 0.5) is 21.0 Å². The zero-order valence-corrected chi connectivity index (χ0v) is 25.9. The van der Waals surface area contributed by atoms with Crippen LogP contribution in [0.25, 0.3) is 0 Å². The van der Waals surface area contributed by atoms with Crippen LogP contribution in [0.3, 0.4) is 0 Å². The average molecular weight is 656 g/mol. The lowest BCUT2D eigenvalue weighted by Gasteiger charge is -2.30. The second-order valence-electron chi connectivity index (χ2n) is 10.6. The summed E-state index contributed by atoms with van der Waals surface area (Å²) in [5.41, 5.74) is 1.02. The minimum Gasteiger partial charge on any atom is -0.443 e. The Morgan fingerprint density at radius 1 is 0.891 bits per heavy atom. The van der Waals surface area contributed by atoms with Crippen LogP contribution in [0, 0.1) is 20.2 Å². The molecule has 16 nitrogen and oxygen atoms in total. The highest BCUT2D eigenvalue weighted by molar-refractivity contribution is 7.81. The van der Waals surface area contributed by atoms with Gasteiger partial charge in [-0.15, -0.1) is 0 Å². The number of aliphatic imine (C=N–C) groups is 2. The molecule has 0 spiro atoms. The minimum atomic E-state index is -0.847. The van der Waals surface area contributed by atoms with E-state index in [9.17, 15) is 34.6 Å². The van der Waals surface area contributed by atoms with Crippen molar-refractivity contribution in [2.24, 2.45) is 9.98 Å². The number of rotatable bonds is 8. The van der Waals surface area contributed by atoms with Gasteiger partial charge in [-0.2, -0.15) is 22.6 Å². The van der Waals surface area contributed by atoms with Gasteiger partial charge in [0.25, 0.3) is 11.4 Å². The van der Waals surface area contributed by atoms with Crippen LogP contribution in [0.2, 0.25) is 0 Å². The van der Waals surface area contributed by atoms with Crippen molar-refractivity contribution in [3.63, 3.8) is 0 Å². The predicted molar refractivity (Wildman–Crippen MR) is 169 cm³/mol. The molecule has 244 valence electrons. The Bertz CT molecular complexity index is 1500. The highest BCUT2D eigenvalue weighted by Gasteiger charge is 2.38. The molecule has 2 aromatic rings. The fourth-order valence-corrected chi connectivity index (χ4v) is 5.38. The van der Waals surface area contributed by atoms with Crippen LogP contribution in [-0.2, 0) is 27.5 Å². The lowest BCUT2D eigenvalue weighted by molar-refractivity contribution is -0.385. The lowest BCUT2D eigenvalue weighted by Crippen LogP contribution is -2.48. The standard InChI is InChI=1S/C29H33N7O9S/c1-20(31-29(39)45-18-22-5-9-24(10-6-22)36(42)43)34-16-25(46)15-26(34)27(37)33-12-2-11-32(13-14-33)19-30-28(38)44-17-21-3-7-23(8-4-21)35(40)41/h3-10,19,25-26,46H,2,11-18H2,1H3/t25-,26-/m0/s1. The highest BCUT2D eigenvalue weighted by atomic mass is 32.1. The second-order valence-corrected chi connectivity index (χ2v) is 11.4. The predicted octanol–water partition coefficient (Wildman–Crippen LogP) is 3.83. The third-order valence-corrected chi connectivity index (χ3v) is 7.79. The molecule has 4 rings (SSSR count). The third-order valence-electron chi connectivity index (χ3n) is 7.42. The van der Waals surface area contributed by atoms with Gasteiger partial charge >= 0.3 is 12.2 Å². The van der Waals surface area contributed by atoms with Gasteiger partial charge in [-0.3, -0.25) is 25.0 Å². The number of amides is 3. The number of non-ortho nitro benzene ring substituents is 2. The van der Waals surface area contributed by atoms with E-state index in [0.29, 0.717) is 62.5 Å². The van der Waals surface area contributed by atoms with Crippen molar-refractivity contribution in [3.8, 4) is 0 Å². The monoisotopic (exact) mass is 655 g/mol. The second kappa shape index (κ2) is 15.8. The molecule has 2 aliphatic heterocycles. The van der Waals surface area contributed by atoms with E-state index in [2.05, 4.69) is 22.6 Å². The number of benzene rings is 2.